The number of aryl methyl sites for hydroxylation is 1. The molecular weight excluding hydrogens is 180 g/mol. The van der Waals surface area contributed by atoms with Gasteiger partial charge in [0.25, 0.3) is 0 Å². The van der Waals surface area contributed by atoms with Crippen molar-refractivity contribution in [1.29, 1.82) is 0 Å². The fourth-order valence-electron chi connectivity index (χ4n) is 1.86. The first-order valence-corrected chi connectivity index (χ1v) is 5.38. The molecule has 2 rings (SSSR count). The molecule has 76 valence electrons. The van der Waals surface area contributed by atoms with Crippen LogP contribution in [-0.2, 0) is 6.42 Å². The van der Waals surface area contributed by atoms with Crippen molar-refractivity contribution in [3.8, 4) is 0 Å². The summed E-state index contributed by atoms with van der Waals surface area (Å²) in [6.45, 7) is 6.04. The summed E-state index contributed by atoms with van der Waals surface area (Å²) in [5, 5.41) is 2.71. The van der Waals surface area contributed by atoms with E-state index in [4.69, 9.17) is 0 Å². The summed E-state index contributed by atoms with van der Waals surface area (Å²) >= 11 is 0. The third-order valence-electron chi connectivity index (χ3n) is 2.70. The summed E-state index contributed by atoms with van der Waals surface area (Å²) in [4.78, 5) is 0. The molecule has 0 radical (unpaired) electrons. The van der Waals surface area contributed by atoms with Crippen molar-refractivity contribution in [3.63, 3.8) is 0 Å². The predicted octanol–water partition coefficient (Wildman–Crippen LogP) is 4.35. The minimum Gasteiger partial charge on any atom is -0.100 e. The van der Waals surface area contributed by atoms with Crippen molar-refractivity contribution in [2.75, 3.05) is 0 Å². The van der Waals surface area contributed by atoms with E-state index < -0.39 is 0 Å². The van der Waals surface area contributed by atoms with Crippen LogP contribution in [0.3, 0.4) is 0 Å². The molecule has 0 saturated heterocycles. The molecule has 0 N–H and O–H groups in total. The molecule has 0 fully saturated rings. The van der Waals surface area contributed by atoms with Gasteiger partial charge >= 0.3 is 0 Å². The molecule has 0 saturated carbocycles. The third-order valence-corrected chi connectivity index (χ3v) is 2.70. The van der Waals surface area contributed by atoms with E-state index in [9.17, 15) is 0 Å². The Labute approximate surface area is 91.2 Å². The Morgan fingerprint density at radius 1 is 1.07 bits per heavy atom. The number of hydrogen-bond acceptors (Lipinski definition) is 0. The smallest absolute Gasteiger partial charge is 0.0152 e. The third kappa shape index (κ3) is 2.27. The van der Waals surface area contributed by atoms with Gasteiger partial charge in [-0.05, 0) is 36.1 Å². The summed E-state index contributed by atoms with van der Waals surface area (Å²) in [5.74, 6) is 0. The summed E-state index contributed by atoms with van der Waals surface area (Å²) in [6, 6.07) is 15.1. The summed E-state index contributed by atoms with van der Waals surface area (Å²) in [5.41, 5.74) is 2.68. The van der Waals surface area contributed by atoms with Gasteiger partial charge in [-0.1, -0.05) is 48.0 Å². The van der Waals surface area contributed by atoms with E-state index in [0.717, 1.165) is 12.8 Å². The average Bonchev–Trinajstić information content (AvgIpc) is 2.26. The molecule has 15 heavy (non-hydrogen) atoms. The zero-order valence-electron chi connectivity index (χ0n) is 9.16. The highest BCUT2D eigenvalue weighted by molar-refractivity contribution is 5.85. The Morgan fingerprint density at radius 2 is 1.80 bits per heavy atom. The zero-order chi connectivity index (χ0) is 10.7. The Balaban J connectivity index is 2.38. The van der Waals surface area contributed by atoms with Gasteiger partial charge in [-0.2, -0.15) is 0 Å². The van der Waals surface area contributed by atoms with Crippen molar-refractivity contribution in [3.05, 3.63) is 60.2 Å². The molecule has 0 aliphatic carbocycles. The first-order valence-electron chi connectivity index (χ1n) is 5.38. The van der Waals surface area contributed by atoms with E-state index >= 15 is 0 Å². The number of fused-ring (bicyclic) bond motifs is 1. The molecule has 0 aliphatic heterocycles. The number of rotatable bonds is 3. The highest BCUT2D eigenvalue weighted by Gasteiger charge is 1.99. The molecule has 2 aromatic carbocycles. The van der Waals surface area contributed by atoms with Gasteiger partial charge in [-0.15, -0.1) is 6.58 Å². The molecule has 0 aromatic heterocycles. The normalized spacial score (nSPS) is 10.5. The second-order valence-corrected chi connectivity index (χ2v) is 4.10. The number of allylic oxidation sites excluding steroid dienone is 1. The minimum absolute atomic E-state index is 1.08. The lowest BCUT2D eigenvalue weighted by molar-refractivity contribution is 0.954. The quantitative estimate of drug-likeness (QED) is 0.640. The Hall–Kier alpha value is -1.56. The maximum absolute atomic E-state index is 3.95. The van der Waals surface area contributed by atoms with E-state index in [-0.39, 0.29) is 0 Å². The van der Waals surface area contributed by atoms with Crippen LogP contribution in [0.15, 0.2) is 54.6 Å². The van der Waals surface area contributed by atoms with Crippen LogP contribution in [0.4, 0.5) is 0 Å². The maximum Gasteiger partial charge on any atom is -0.0152 e. The molecule has 0 bridgehead atoms. The maximum atomic E-state index is 3.95. The first-order chi connectivity index (χ1) is 7.27. The lowest BCUT2D eigenvalue weighted by Gasteiger charge is -2.06. The number of hydrogen-bond donors (Lipinski definition) is 0. The molecule has 0 spiro atoms. The van der Waals surface area contributed by atoms with Crippen molar-refractivity contribution in [1.82, 2.24) is 0 Å². The fourth-order valence-corrected chi connectivity index (χ4v) is 1.86. The van der Waals surface area contributed by atoms with E-state index in [2.05, 4.69) is 56.0 Å². The van der Waals surface area contributed by atoms with Gasteiger partial charge in [-0.25, -0.2) is 0 Å². The summed E-state index contributed by atoms with van der Waals surface area (Å²) in [7, 11) is 0. The second-order valence-electron chi connectivity index (χ2n) is 4.10. The fraction of sp³-hybridized carbons (Fsp3) is 0.200. The zero-order valence-corrected chi connectivity index (χ0v) is 9.16. The lowest BCUT2D eigenvalue weighted by Crippen LogP contribution is -1.87. The molecule has 0 heteroatoms. The van der Waals surface area contributed by atoms with E-state index in [1.165, 1.54) is 21.9 Å². The molecule has 0 unspecified atom stereocenters. The standard InChI is InChI=1S/C15H16/c1-12(2)10-11-14-8-5-7-13-6-3-4-9-15(13)14/h3-9H,1,10-11H2,2H3. The van der Waals surface area contributed by atoms with Crippen molar-refractivity contribution >= 4 is 10.8 Å². The summed E-state index contributed by atoms with van der Waals surface area (Å²) < 4.78 is 0. The van der Waals surface area contributed by atoms with Gasteiger partial charge in [0.05, 0.1) is 0 Å². The number of benzene rings is 2. The van der Waals surface area contributed by atoms with Gasteiger partial charge in [0.1, 0.15) is 0 Å². The average molecular weight is 196 g/mol. The van der Waals surface area contributed by atoms with Crippen LogP contribution in [0.5, 0.6) is 0 Å². The van der Waals surface area contributed by atoms with Gasteiger partial charge in [-0.3, -0.25) is 0 Å². The van der Waals surface area contributed by atoms with E-state index in [0.29, 0.717) is 0 Å². The Morgan fingerprint density at radius 3 is 2.60 bits per heavy atom. The van der Waals surface area contributed by atoms with Crippen LogP contribution in [-0.4, -0.2) is 0 Å². The van der Waals surface area contributed by atoms with E-state index in [1.54, 1.807) is 0 Å². The topological polar surface area (TPSA) is 0 Å². The molecular formula is C15H16. The molecule has 2 aromatic rings. The van der Waals surface area contributed by atoms with Crippen molar-refractivity contribution in [2.24, 2.45) is 0 Å². The first kappa shape index (κ1) is 9.97. The van der Waals surface area contributed by atoms with Crippen LogP contribution in [0.25, 0.3) is 10.8 Å². The second kappa shape index (κ2) is 4.31. The Kier molecular flexibility index (Phi) is 2.86. The van der Waals surface area contributed by atoms with Crippen molar-refractivity contribution < 1.29 is 0 Å². The van der Waals surface area contributed by atoms with Crippen LogP contribution in [0.1, 0.15) is 18.9 Å². The Bertz CT molecular complexity index is 475. The molecule has 0 nitrogen and oxygen atoms in total. The van der Waals surface area contributed by atoms with Gasteiger partial charge in [0, 0.05) is 0 Å². The minimum atomic E-state index is 1.08. The monoisotopic (exact) mass is 196 g/mol. The van der Waals surface area contributed by atoms with Crippen LogP contribution in [0.2, 0.25) is 0 Å². The molecule has 0 aliphatic rings. The molecule has 0 amide bonds. The predicted molar refractivity (Wildman–Crippen MR) is 67.1 cm³/mol. The summed E-state index contributed by atoms with van der Waals surface area (Å²) in [6.07, 6.45) is 2.17. The van der Waals surface area contributed by atoms with Gasteiger partial charge in [0.2, 0.25) is 0 Å². The van der Waals surface area contributed by atoms with Crippen LogP contribution < -0.4 is 0 Å². The SMILES string of the molecule is C=C(C)CCc1cccc2ccccc12. The largest absolute Gasteiger partial charge is 0.100 e. The lowest BCUT2D eigenvalue weighted by atomic mass is 9.99. The van der Waals surface area contributed by atoms with Crippen LogP contribution in [0, 0.1) is 0 Å². The molecule has 0 heterocycles. The highest BCUT2D eigenvalue weighted by Crippen LogP contribution is 2.20. The van der Waals surface area contributed by atoms with Gasteiger partial charge < -0.3 is 0 Å². The van der Waals surface area contributed by atoms with Gasteiger partial charge in [0.15, 0.2) is 0 Å². The van der Waals surface area contributed by atoms with Crippen LogP contribution >= 0.6 is 0 Å². The van der Waals surface area contributed by atoms with Crippen molar-refractivity contribution in [2.45, 2.75) is 19.8 Å². The highest BCUT2D eigenvalue weighted by atomic mass is 14.0. The molecule has 0 atom stereocenters. The van der Waals surface area contributed by atoms with E-state index in [1.807, 2.05) is 0 Å².